The highest BCUT2D eigenvalue weighted by molar-refractivity contribution is 5.45. The number of hydrogen-bond donors (Lipinski definition) is 1. The van der Waals surface area contributed by atoms with Crippen LogP contribution in [0.25, 0.3) is 0 Å². The first-order valence-electron chi connectivity index (χ1n) is 7.82. The third kappa shape index (κ3) is 3.20. The molecule has 0 spiro atoms. The van der Waals surface area contributed by atoms with E-state index in [-0.39, 0.29) is 0 Å². The molecule has 1 N–H and O–H groups in total. The lowest BCUT2D eigenvalue weighted by Crippen LogP contribution is -2.45. The first-order valence-corrected chi connectivity index (χ1v) is 7.82. The van der Waals surface area contributed by atoms with E-state index in [1.165, 1.54) is 18.5 Å². The van der Waals surface area contributed by atoms with Crippen molar-refractivity contribution in [1.29, 1.82) is 0 Å². The molecular weight excluding hydrogens is 250 g/mol. The van der Waals surface area contributed by atoms with E-state index in [1.54, 1.807) is 0 Å². The maximum absolute atomic E-state index is 4.81. The van der Waals surface area contributed by atoms with Crippen LogP contribution in [0.3, 0.4) is 0 Å². The van der Waals surface area contributed by atoms with Crippen LogP contribution in [0.5, 0.6) is 0 Å². The maximum Gasteiger partial charge on any atom is 0.227 e. The molecule has 0 atom stereocenters. The zero-order valence-corrected chi connectivity index (χ0v) is 12.6. The van der Waals surface area contributed by atoms with Gasteiger partial charge in [0.05, 0.1) is 5.69 Å². The Morgan fingerprint density at radius 1 is 1.20 bits per heavy atom. The van der Waals surface area contributed by atoms with Crippen LogP contribution in [0, 0.1) is 0 Å². The van der Waals surface area contributed by atoms with Gasteiger partial charge in [0, 0.05) is 44.7 Å². The van der Waals surface area contributed by atoms with Crippen molar-refractivity contribution >= 4 is 11.8 Å². The molecular formula is C15H25N5. The fourth-order valence-corrected chi connectivity index (χ4v) is 2.53. The summed E-state index contributed by atoms with van der Waals surface area (Å²) in [6.45, 7) is 7.39. The van der Waals surface area contributed by atoms with Crippen molar-refractivity contribution in [3.8, 4) is 0 Å². The number of nitrogens with one attached hydrogen (secondary N) is 1. The van der Waals surface area contributed by atoms with Gasteiger partial charge < -0.3 is 15.1 Å². The first-order chi connectivity index (χ1) is 9.76. The van der Waals surface area contributed by atoms with E-state index in [4.69, 9.17) is 9.97 Å². The minimum atomic E-state index is 0.673. The van der Waals surface area contributed by atoms with Crippen molar-refractivity contribution in [2.75, 3.05) is 50.0 Å². The molecule has 5 heteroatoms. The number of nitrogens with zero attached hydrogens (tertiary/aromatic N) is 4. The molecule has 1 saturated carbocycles. The molecule has 0 bridgehead atoms. The number of piperazine rings is 1. The van der Waals surface area contributed by atoms with Gasteiger partial charge >= 0.3 is 0 Å². The first kappa shape index (κ1) is 13.6. The molecule has 0 unspecified atom stereocenters. The summed E-state index contributed by atoms with van der Waals surface area (Å²) >= 11 is 0. The summed E-state index contributed by atoms with van der Waals surface area (Å²) < 4.78 is 0. The smallest absolute Gasteiger partial charge is 0.227 e. The molecule has 2 fully saturated rings. The standard InChI is InChI=1S/C15H25N5/c1-3-6-16-14-11-13(12-4-5-12)17-15(18-14)20-9-7-19(2)8-10-20/h11-12H,3-10H2,1-2H3,(H,16,17,18). The Labute approximate surface area is 121 Å². The second-order valence-corrected chi connectivity index (χ2v) is 5.97. The minimum Gasteiger partial charge on any atom is -0.370 e. The van der Waals surface area contributed by atoms with Crippen molar-refractivity contribution in [3.05, 3.63) is 11.8 Å². The van der Waals surface area contributed by atoms with Crippen LogP contribution in [0.2, 0.25) is 0 Å². The molecule has 3 rings (SSSR count). The van der Waals surface area contributed by atoms with Gasteiger partial charge in [0.2, 0.25) is 5.95 Å². The van der Waals surface area contributed by atoms with E-state index < -0.39 is 0 Å². The van der Waals surface area contributed by atoms with Gasteiger partial charge in [-0.1, -0.05) is 6.92 Å². The van der Waals surface area contributed by atoms with E-state index >= 15 is 0 Å². The molecule has 2 aliphatic rings. The van der Waals surface area contributed by atoms with Crippen LogP contribution in [-0.4, -0.2) is 54.6 Å². The van der Waals surface area contributed by atoms with E-state index in [9.17, 15) is 0 Å². The highest BCUT2D eigenvalue weighted by atomic mass is 15.3. The van der Waals surface area contributed by atoms with Gasteiger partial charge in [-0.3, -0.25) is 0 Å². The number of rotatable bonds is 5. The molecule has 0 radical (unpaired) electrons. The zero-order valence-electron chi connectivity index (χ0n) is 12.6. The fourth-order valence-electron chi connectivity index (χ4n) is 2.53. The summed E-state index contributed by atoms with van der Waals surface area (Å²) in [6, 6.07) is 2.15. The monoisotopic (exact) mass is 275 g/mol. The van der Waals surface area contributed by atoms with Crippen LogP contribution < -0.4 is 10.2 Å². The third-order valence-electron chi connectivity index (χ3n) is 4.07. The molecule has 1 aromatic rings. The molecule has 1 aliphatic heterocycles. The van der Waals surface area contributed by atoms with Gasteiger partial charge in [0.15, 0.2) is 0 Å². The van der Waals surface area contributed by atoms with Gasteiger partial charge in [-0.2, -0.15) is 4.98 Å². The number of hydrogen-bond acceptors (Lipinski definition) is 5. The van der Waals surface area contributed by atoms with Crippen LogP contribution in [-0.2, 0) is 0 Å². The second kappa shape index (κ2) is 5.95. The van der Waals surface area contributed by atoms with Crippen LogP contribution >= 0.6 is 0 Å². The lowest BCUT2D eigenvalue weighted by molar-refractivity contribution is 0.311. The largest absolute Gasteiger partial charge is 0.370 e. The summed E-state index contributed by atoms with van der Waals surface area (Å²) in [5, 5.41) is 3.42. The van der Waals surface area contributed by atoms with Crippen molar-refractivity contribution < 1.29 is 0 Å². The molecule has 0 aromatic carbocycles. The maximum atomic E-state index is 4.81. The van der Waals surface area contributed by atoms with Crippen LogP contribution in [0.4, 0.5) is 11.8 Å². The Balaban J connectivity index is 1.79. The van der Waals surface area contributed by atoms with Gasteiger partial charge in [-0.05, 0) is 26.3 Å². The lowest BCUT2D eigenvalue weighted by Gasteiger charge is -2.32. The van der Waals surface area contributed by atoms with E-state index in [2.05, 4.69) is 35.2 Å². The van der Waals surface area contributed by atoms with E-state index in [1.807, 2.05) is 0 Å². The Bertz CT molecular complexity index is 450. The average molecular weight is 275 g/mol. The van der Waals surface area contributed by atoms with Crippen molar-refractivity contribution in [3.63, 3.8) is 0 Å². The normalized spacial score (nSPS) is 20.2. The van der Waals surface area contributed by atoms with Gasteiger partial charge in [0.25, 0.3) is 0 Å². The molecule has 1 aromatic heterocycles. The number of aromatic nitrogens is 2. The highest BCUT2D eigenvalue weighted by Gasteiger charge is 2.27. The average Bonchev–Trinajstić information content (AvgIpc) is 3.30. The predicted molar refractivity (Wildman–Crippen MR) is 82.5 cm³/mol. The molecule has 0 amide bonds. The molecule has 110 valence electrons. The van der Waals surface area contributed by atoms with Crippen LogP contribution in [0.1, 0.15) is 37.8 Å². The van der Waals surface area contributed by atoms with E-state index in [0.717, 1.165) is 50.9 Å². The van der Waals surface area contributed by atoms with Crippen molar-refractivity contribution in [1.82, 2.24) is 14.9 Å². The third-order valence-corrected chi connectivity index (χ3v) is 4.07. The molecule has 20 heavy (non-hydrogen) atoms. The molecule has 2 heterocycles. The summed E-state index contributed by atoms with van der Waals surface area (Å²) in [5.41, 5.74) is 1.23. The summed E-state index contributed by atoms with van der Waals surface area (Å²) in [5.74, 6) is 2.59. The zero-order chi connectivity index (χ0) is 13.9. The molecule has 1 saturated heterocycles. The topological polar surface area (TPSA) is 44.3 Å². The minimum absolute atomic E-state index is 0.673. The van der Waals surface area contributed by atoms with Gasteiger partial charge in [-0.25, -0.2) is 4.98 Å². The lowest BCUT2D eigenvalue weighted by atomic mass is 10.2. The number of likely N-dealkylation sites (N-methyl/N-ethyl adjacent to an activating group) is 1. The van der Waals surface area contributed by atoms with Crippen LogP contribution in [0.15, 0.2) is 6.07 Å². The Morgan fingerprint density at radius 2 is 1.95 bits per heavy atom. The van der Waals surface area contributed by atoms with Gasteiger partial charge in [-0.15, -0.1) is 0 Å². The fraction of sp³-hybridized carbons (Fsp3) is 0.733. The second-order valence-electron chi connectivity index (χ2n) is 5.97. The van der Waals surface area contributed by atoms with Crippen molar-refractivity contribution in [2.45, 2.75) is 32.1 Å². The quantitative estimate of drug-likeness (QED) is 0.889. The molecule has 1 aliphatic carbocycles. The Kier molecular flexibility index (Phi) is 4.05. The van der Waals surface area contributed by atoms with Gasteiger partial charge in [0.1, 0.15) is 5.82 Å². The van der Waals surface area contributed by atoms with E-state index in [0.29, 0.717) is 5.92 Å². The number of anilines is 2. The Hall–Kier alpha value is -1.36. The summed E-state index contributed by atoms with van der Waals surface area (Å²) in [4.78, 5) is 14.2. The van der Waals surface area contributed by atoms with Crippen molar-refractivity contribution in [2.24, 2.45) is 0 Å². The SMILES string of the molecule is CCCNc1cc(C2CC2)nc(N2CCN(C)CC2)n1. The molecule has 5 nitrogen and oxygen atoms in total. The summed E-state index contributed by atoms with van der Waals surface area (Å²) in [7, 11) is 2.17. The predicted octanol–water partition coefficient (Wildman–Crippen LogP) is 1.93. The summed E-state index contributed by atoms with van der Waals surface area (Å²) in [6.07, 6.45) is 3.69. The Morgan fingerprint density at radius 3 is 2.60 bits per heavy atom. The highest BCUT2D eigenvalue weighted by Crippen LogP contribution is 2.40.